The van der Waals surface area contributed by atoms with Gasteiger partial charge in [0.25, 0.3) is 10.0 Å². The second kappa shape index (κ2) is 13.3. The number of hydrogen-bond donors (Lipinski definition) is 1. The first-order valence-corrected chi connectivity index (χ1v) is 15.2. The van der Waals surface area contributed by atoms with E-state index >= 15 is 0 Å². The van der Waals surface area contributed by atoms with E-state index < -0.39 is 28.5 Å². The van der Waals surface area contributed by atoms with Crippen molar-refractivity contribution in [1.82, 2.24) is 10.2 Å². The molecule has 0 aliphatic rings. The van der Waals surface area contributed by atoms with Gasteiger partial charge in [-0.1, -0.05) is 76.4 Å². The van der Waals surface area contributed by atoms with Crippen LogP contribution in [0, 0.1) is 13.8 Å². The Morgan fingerprint density at radius 2 is 1.59 bits per heavy atom. The highest BCUT2D eigenvalue weighted by Gasteiger charge is 2.34. The van der Waals surface area contributed by atoms with Crippen molar-refractivity contribution in [2.24, 2.45) is 0 Å². The van der Waals surface area contributed by atoms with Crippen molar-refractivity contribution in [1.29, 1.82) is 0 Å². The number of anilines is 1. The molecule has 0 heterocycles. The Balaban J connectivity index is 2.07. The lowest BCUT2D eigenvalue weighted by molar-refractivity contribution is -0.140. The highest BCUT2D eigenvalue weighted by Crippen LogP contribution is 2.27. The number of carbonyl (C=O) groups is 2. The molecule has 0 saturated heterocycles. The van der Waals surface area contributed by atoms with Crippen LogP contribution in [0.4, 0.5) is 5.69 Å². The normalized spacial score (nSPS) is 12.2. The zero-order chi connectivity index (χ0) is 28.7. The number of amides is 2. The van der Waals surface area contributed by atoms with Gasteiger partial charge < -0.3 is 10.2 Å². The molecule has 9 heteroatoms. The van der Waals surface area contributed by atoms with Crippen LogP contribution in [-0.4, -0.2) is 43.8 Å². The number of sulfonamides is 1. The molecule has 3 rings (SSSR count). The van der Waals surface area contributed by atoms with E-state index in [0.29, 0.717) is 16.6 Å². The minimum Gasteiger partial charge on any atom is -0.352 e. The van der Waals surface area contributed by atoms with Crippen molar-refractivity contribution in [2.75, 3.05) is 10.8 Å². The Labute approximate surface area is 240 Å². The molecule has 3 aromatic carbocycles. The Morgan fingerprint density at radius 1 is 0.923 bits per heavy atom. The summed E-state index contributed by atoms with van der Waals surface area (Å²) < 4.78 is 29.6. The first-order chi connectivity index (χ1) is 18.4. The van der Waals surface area contributed by atoms with Gasteiger partial charge in [-0.15, -0.1) is 0 Å². The average Bonchev–Trinajstić information content (AvgIpc) is 2.86. The molecular weight excluding hydrogens is 578 g/mol. The molecule has 0 fully saturated rings. The Morgan fingerprint density at radius 3 is 2.18 bits per heavy atom. The van der Waals surface area contributed by atoms with Crippen molar-refractivity contribution in [3.8, 4) is 0 Å². The van der Waals surface area contributed by atoms with Gasteiger partial charge in [0.15, 0.2) is 0 Å². The molecular formula is C30H36BrN3O4S. The number of aryl methyl sites for hydroxylation is 2. The van der Waals surface area contributed by atoms with Gasteiger partial charge in [-0.3, -0.25) is 13.9 Å². The summed E-state index contributed by atoms with van der Waals surface area (Å²) in [7, 11) is -4.10. The summed E-state index contributed by atoms with van der Waals surface area (Å²) in [6.45, 7) is 9.10. The smallest absolute Gasteiger partial charge is 0.264 e. The monoisotopic (exact) mass is 613 g/mol. The quantitative estimate of drug-likeness (QED) is 0.305. The van der Waals surface area contributed by atoms with Gasteiger partial charge in [0.2, 0.25) is 11.8 Å². The molecule has 0 radical (unpaired) electrons. The van der Waals surface area contributed by atoms with Gasteiger partial charge >= 0.3 is 0 Å². The maximum Gasteiger partial charge on any atom is 0.264 e. The summed E-state index contributed by atoms with van der Waals surface area (Å²) in [5, 5.41) is 2.91. The lowest BCUT2D eigenvalue weighted by atomic mass is 10.1. The second-order valence-electron chi connectivity index (χ2n) is 9.90. The predicted molar refractivity (Wildman–Crippen MR) is 159 cm³/mol. The summed E-state index contributed by atoms with van der Waals surface area (Å²) in [6.07, 6.45) is 0.373. The fourth-order valence-electron chi connectivity index (χ4n) is 4.30. The topological polar surface area (TPSA) is 86.8 Å². The number of nitrogens with zero attached hydrogens (tertiary/aromatic N) is 2. The second-order valence-corrected chi connectivity index (χ2v) is 12.7. The van der Waals surface area contributed by atoms with Crippen LogP contribution in [0.1, 0.15) is 43.9 Å². The van der Waals surface area contributed by atoms with Crippen LogP contribution in [0.25, 0.3) is 0 Å². The number of halogens is 1. The highest BCUT2D eigenvalue weighted by molar-refractivity contribution is 9.10. The van der Waals surface area contributed by atoms with Gasteiger partial charge in [0.05, 0.1) is 10.6 Å². The van der Waals surface area contributed by atoms with E-state index in [2.05, 4.69) is 21.2 Å². The highest BCUT2D eigenvalue weighted by atomic mass is 79.9. The lowest BCUT2D eigenvalue weighted by Gasteiger charge is -2.33. The molecule has 1 atom stereocenters. The van der Waals surface area contributed by atoms with Crippen LogP contribution in [0.3, 0.4) is 0 Å². The minimum absolute atomic E-state index is 0.0794. The molecule has 2 amide bonds. The SMILES string of the molecule is CCC(C(=O)NC(C)C)N(Cc1cccc(C)c1)C(=O)CN(c1cccc(Br)c1)S(=O)(=O)c1ccc(C)cc1. The molecule has 208 valence electrons. The van der Waals surface area contributed by atoms with Gasteiger partial charge in [-0.05, 0) is 70.0 Å². The minimum atomic E-state index is -4.10. The van der Waals surface area contributed by atoms with Crippen molar-refractivity contribution in [3.63, 3.8) is 0 Å². The van der Waals surface area contributed by atoms with E-state index in [1.807, 2.05) is 58.9 Å². The van der Waals surface area contributed by atoms with Crippen molar-refractivity contribution in [3.05, 3.63) is 94.0 Å². The summed E-state index contributed by atoms with van der Waals surface area (Å²) in [4.78, 5) is 28.8. The summed E-state index contributed by atoms with van der Waals surface area (Å²) in [6, 6.07) is 20.2. The van der Waals surface area contributed by atoms with Gasteiger partial charge in [-0.25, -0.2) is 8.42 Å². The maximum atomic E-state index is 14.1. The van der Waals surface area contributed by atoms with E-state index in [-0.39, 0.29) is 23.4 Å². The number of hydrogen-bond acceptors (Lipinski definition) is 4. The van der Waals surface area contributed by atoms with Crippen molar-refractivity contribution < 1.29 is 18.0 Å². The molecule has 0 spiro atoms. The summed E-state index contributed by atoms with van der Waals surface area (Å²) in [5.74, 6) is -0.748. The summed E-state index contributed by atoms with van der Waals surface area (Å²) in [5.41, 5.74) is 3.14. The van der Waals surface area contributed by atoms with E-state index in [4.69, 9.17) is 0 Å². The zero-order valence-corrected chi connectivity index (χ0v) is 25.4. The Hall–Kier alpha value is -3.17. The van der Waals surface area contributed by atoms with Crippen LogP contribution in [0.2, 0.25) is 0 Å². The van der Waals surface area contributed by atoms with Crippen molar-refractivity contribution in [2.45, 2.75) is 64.6 Å². The number of benzene rings is 3. The third-order valence-corrected chi connectivity index (χ3v) is 8.52. The predicted octanol–water partition coefficient (Wildman–Crippen LogP) is 5.59. The standard InChI is InChI=1S/C30H36BrN3O4S/c1-6-28(30(36)32-21(2)3)33(19-24-10-7-9-23(5)17-24)29(35)20-34(26-12-8-11-25(31)18-26)39(37,38)27-15-13-22(4)14-16-27/h7-18,21,28H,6,19-20H2,1-5H3,(H,32,36). The Kier molecular flexibility index (Phi) is 10.3. The largest absolute Gasteiger partial charge is 0.352 e. The molecule has 3 aromatic rings. The van der Waals surface area contributed by atoms with E-state index in [0.717, 1.165) is 21.0 Å². The molecule has 0 aliphatic carbocycles. The first-order valence-electron chi connectivity index (χ1n) is 12.9. The van der Waals surface area contributed by atoms with Gasteiger partial charge in [0.1, 0.15) is 12.6 Å². The van der Waals surface area contributed by atoms with Crippen LogP contribution in [0.15, 0.2) is 82.2 Å². The van der Waals surface area contributed by atoms with E-state index in [9.17, 15) is 18.0 Å². The van der Waals surface area contributed by atoms with Crippen LogP contribution >= 0.6 is 15.9 Å². The van der Waals surface area contributed by atoms with Gasteiger partial charge in [-0.2, -0.15) is 0 Å². The third kappa shape index (κ3) is 7.92. The molecule has 0 saturated carbocycles. The molecule has 0 aliphatic heterocycles. The van der Waals surface area contributed by atoms with Crippen molar-refractivity contribution >= 4 is 43.5 Å². The van der Waals surface area contributed by atoms with E-state index in [1.165, 1.54) is 17.0 Å². The maximum absolute atomic E-state index is 14.1. The van der Waals surface area contributed by atoms with Crippen LogP contribution in [-0.2, 0) is 26.2 Å². The lowest BCUT2D eigenvalue weighted by Crippen LogP contribution is -2.53. The molecule has 7 nitrogen and oxygen atoms in total. The van der Waals surface area contributed by atoms with Crippen LogP contribution < -0.4 is 9.62 Å². The zero-order valence-electron chi connectivity index (χ0n) is 23.0. The molecule has 0 bridgehead atoms. The van der Waals surface area contributed by atoms with Gasteiger partial charge in [0, 0.05) is 17.1 Å². The number of carbonyl (C=O) groups excluding carboxylic acids is 2. The fourth-order valence-corrected chi connectivity index (χ4v) is 6.10. The molecule has 1 unspecified atom stereocenters. The molecule has 1 N–H and O–H groups in total. The first kappa shape index (κ1) is 30.4. The van der Waals surface area contributed by atoms with E-state index in [1.54, 1.807) is 36.4 Å². The number of nitrogens with one attached hydrogen (secondary N) is 1. The van der Waals surface area contributed by atoms with Crippen LogP contribution in [0.5, 0.6) is 0 Å². The molecule has 0 aromatic heterocycles. The Bertz CT molecular complexity index is 1410. The third-order valence-electron chi connectivity index (χ3n) is 6.24. The average molecular weight is 615 g/mol. The fraction of sp³-hybridized carbons (Fsp3) is 0.333. The summed E-state index contributed by atoms with van der Waals surface area (Å²) >= 11 is 3.42. The number of rotatable bonds is 11. The molecule has 39 heavy (non-hydrogen) atoms.